The Labute approximate surface area is 208 Å². The first-order chi connectivity index (χ1) is 16.6. The molecule has 0 aliphatic rings. The summed E-state index contributed by atoms with van der Waals surface area (Å²) < 4.78 is 6.51. The molecule has 0 saturated heterocycles. The van der Waals surface area contributed by atoms with Crippen molar-refractivity contribution in [3.05, 3.63) is 66.4 Å². The highest BCUT2D eigenvalue weighted by atomic mass is 32.2. The molecule has 170 valence electrons. The topological polar surface area (TPSA) is 89.9 Å². The quantitative estimate of drug-likeness (QED) is 0.274. The molecule has 0 bridgehead atoms. The molecule has 0 fully saturated rings. The van der Waals surface area contributed by atoms with E-state index in [0.29, 0.717) is 10.2 Å². The number of nitrogens with one attached hydrogen (secondary N) is 1. The van der Waals surface area contributed by atoms with Crippen LogP contribution in [0, 0.1) is 6.92 Å². The van der Waals surface area contributed by atoms with Crippen molar-refractivity contribution in [3.63, 3.8) is 0 Å². The lowest BCUT2D eigenvalue weighted by Crippen LogP contribution is -2.13. The van der Waals surface area contributed by atoms with Crippen molar-refractivity contribution in [1.29, 1.82) is 0 Å². The number of benzene rings is 2. The van der Waals surface area contributed by atoms with E-state index in [9.17, 15) is 4.79 Å². The van der Waals surface area contributed by atoms with Gasteiger partial charge >= 0.3 is 0 Å². The molecule has 5 aromatic rings. The number of aromatic nitrogens is 4. The Morgan fingerprint density at radius 1 is 1.00 bits per heavy atom. The first-order valence-electron chi connectivity index (χ1n) is 10.3. The van der Waals surface area contributed by atoms with Crippen molar-refractivity contribution >= 4 is 55.7 Å². The number of thiazole rings is 2. The normalized spacial score (nSPS) is 11.0. The number of carbonyl (C=O) groups is 1. The van der Waals surface area contributed by atoms with Crippen LogP contribution in [0.1, 0.15) is 5.69 Å². The van der Waals surface area contributed by atoms with Crippen molar-refractivity contribution in [2.75, 3.05) is 18.2 Å². The van der Waals surface area contributed by atoms with Gasteiger partial charge in [-0.25, -0.2) is 9.97 Å². The summed E-state index contributed by atoms with van der Waals surface area (Å²) in [5.74, 6) is 0.876. The Morgan fingerprint density at radius 3 is 2.62 bits per heavy atom. The summed E-state index contributed by atoms with van der Waals surface area (Å²) in [5.41, 5.74) is 3.46. The number of fused-ring (bicyclic) bond motifs is 1. The van der Waals surface area contributed by atoms with E-state index in [1.54, 1.807) is 18.4 Å². The highest BCUT2D eigenvalue weighted by Crippen LogP contribution is 2.38. The summed E-state index contributed by atoms with van der Waals surface area (Å²) in [4.78, 5) is 22.5. The fourth-order valence-corrected chi connectivity index (χ4v) is 5.87. The Morgan fingerprint density at radius 2 is 1.82 bits per heavy atom. The summed E-state index contributed by atoms with van der Waals surface area (Å²) in [6.45, 7) is 1.96. The molecule has 1 amide bonds. The van der Waals surface area contributed by atoms with E-state index < -0.39 is 0 Å². The second-order valence-corrected chi connectivity index (χ2v) is 10.2. The lowest BCUT2D eigenvalue weighted by Gasteiger charge is -2.04. The number of nitrogens with zero attached hydrogens (tertiary/aromatic N) is 4. The van der Waals surface area contributed by atoms with Crippen LogP contribution in [0.3, 0.4) is 0 Å². The van der Waals surface area contributed by atoms with E-state index in [4.69, 9.17) is 9.72 Å². The standard InChI is InChI=1S/C24H19N5O2S3/c1-14-22(34-23(25-14)15-7-3-5-9-18(15)31-2)17-11-12-21(29-28-17)32-13-20(30)27-24-26-16-8-4-6-10-19(16)33-24/h3-12H,13H2,1-2H3,(H,26,27,30). The molecule has 1 N–H and O–H groups in total. The maximum Gasteiger partial charge on any atom is 0.236 e. The first-order valence-corrected chi connectivity index (χ1v) is 13.0. The van der Waals surface area contributed by atoms with Crippen molar-refractivity contribution in [3.8, 4) is 26.9 Å². The summed E-state index contributed by atoms with van der Waals surface area (Å²) in [6, 6.07) is 19.4. The van der Waals surface area contributed by atoms with Crippen LogP contribution in [-0.4, -0.2) is 38.9 Å². The second kappa shape index (κ2) is 9.88. The van der Waals surface area contributed by atoms with E-state index in [0.717, 1.165) is 42.8 Å². The van der Waals surface area contributed by atoms with E-state index >= 15 is 0 Å². The molecule has 0 aliphatic heterocycles. The van der Waals surface area contributed by atoms with Gasteiger partial charge in [-0.15, -0.1) is 21.5 Å². The van der Waals surface area contributed by atoms with Crippen LogP contribution in [0.15, 0.2) is 65.7 Å². The molecule has 0 atom stereocenters. The average Bonchev–Trinajstić information content (AvgIpc) is 3.45. The van der Waals surface area contributed by atoms with Gasteiger partial charge in [-0.3, -0.25) is 4.79 Å². The summed E-state index contributed by atoms with van der Waals surface area (Å²) in [6.07, 6.45) is 0. The average molecular weight is 506 g/mol. The second-order valence-electron chi connectivity index (χ2n) is 7.21. The van der Waals surface area contributed by atoms with Crippen molar-refractivity contribution in [1.82, 2.24) is 20.2 Å². The minimum absolute atomic E-state index is 0.130. The van der Waals surface area contributed by atoms with Crippen LogP contribution >= 0.6 is 34.4 Å². The number of para-hydroxylation sites is 2. The Bertz CT molecular complexity index is 1430. The first kappa shape index (κ1) is 22.5. The fourth-order valence-electron chi connectivity index (χ4n) is 3.31. The largest absolute Gasteiger partial charge is 0.496 e. The zero-order valence-corrected chi connectivity index (χ0v) is 20.8. The predicted octanol–water partition coefficient (Wildman–Crippen LogP) is 5.92. The smallest absolute Gasteiger partial charge is 0.236 e. The van der Waals surface area contributed by atoms with Gasteiger partial charge in [0.05, 0.1) is 39.2 Å². The van der Waals surface area contributed by atoms with Crippen LogP contribution in [0.5, 0.6) is 5.75 Å². The minimum atomic E-state index is -0.130. The van der Waals surface area contributed by atoms with Crippen LogP contribution < -0.4 is 10.1 Å². The molecule has 0 radical (unpaired) electrons. The predicted molar refractivity (Wildman–Crippen MR) is 139 cm³/mol. The van der Waals surface area contributed by atoms with Crippen LogP contribution in [0.4, 0.5) is 5.13 Å². The Balaban J connectivity index is 1.24. The van der Waals surface area contributed by atoms with Crippen LogP contribution in [0.25, 0.3) is 31.4 Å². The molecule has 0 spiro atoms. The number of methoxy groups -OCH3 is 1. The minimum Gasteiger partial charge on any atom is -0.496 e. The number of hydrogen-bond acceptors (Lipinski definition) is 9. The molecule has 3 aromatic heterocycles. The van der Waals surface area contributed by atoms with E-state index in [-0.39, 0.29) is 11.7 Å². The van der Waals surface area contributed by atoms with Gasteiger partial charge in [0, 0.05) is 0 Å². The van der Waals surface area contributed by atoms with Crippen molar-refractivity contribution < 1.29 is 9.53 Å². The summed E-state index contributed by atoms with van der Waals surface area (Å²) in [7, 11) is 1.65. The van der Waals surface area contributed by atoms with Crippen molar-refractivity contribution in [2.45, 2.75) is 11.9 Å². The third-order valence-corrected chi connectivity index (χ3v) is 7.98. The molecule has 5 rings (SSSR count). The number of rotatable bonds is 7. The van der Waals surface area contributed by atoms with Gasteiger partial charge in [0.1, 0.15) is 21.5 Å². The molecule has 7 nitrogen and oxygen atoms in total. The number of thioether (sulfide) groups is 1. The van der Waals surface area contributed by atoms with Gasteiger partial charge < -0.3 is 10.1 Å². The zero-order chi connectivity index (χ0) is 23.5. The lowest BCUT2D eigenvalue weighted by molar-refractivity contribution is -0.113. The zero-order valence-electron chi connectivity index (χ0n) is 18.3. The van der Waals surface area contributed by atoms with E-state index in [1.165, 1.54) is 23.1 Å². The maximum atomic E-state index is 12.4. The molecule has 2 aromatic carbocycles. The van der Waals surface area contributed by atoms with Gasteiger partial charge in [-0.05, 0) is 43.3 Å². The van der Waals surface area contributed by atoms with Gasteiger partial charge in [0.15, 0.2) is 5.13 Å². The number of aryl methyl sites for hydroxylation is 1. The highest BCUT2D eigenvalue weighted by Gasteiger charge is 2.16. The third kappa shape index (κ3) is 4.79. The Hall–Kier alpha value is -3.34. The van der Waals surface area contributed by atoms with E-state index in [1.807, 2.05) is 67.6 Å². The lowest BCUT2D eigenvalue weighted by atomic mass is 10.2. The van der Waals surface area contributed by atoms with Gasteiger partial charge in [0.25, 0.3) is 0 Å². The number of hydrogen-bond donors (Lipinski definition) is 1. The molecule has 10 heteroatoms. The highest BCUT2D eigenvalue weighted by molar-refractivity contribution is 7.99. The summed E-state index contributed by atoms with van der Waals surface area (Å²) in [5, 5.41) is 13.7. The SMILES string of the molecule is COc1ccccc1-c1nc(C)c(-c2ccc(SCC(=O)Nc3nc4ccccc4s3)nn2)s1. The third-order valence-electron chi connectivity index (χ3n) is 4.90. The molecular formula is C24H19N5O2S3. The molecule has 34 heavy (non-hydrogen) atoms. The Kier molecular flexibility index (Phi) is 6.52. The number of amides is 1. The van der Waals surface area contributed by atoms with E-state index in [2.05, 4.69) is 20.5 Å². The van der Waals surface area contributed by atoms with Crippen LogP contribution in [-0.2, 0) is 4.79 Å². The molecule has 0 unspecified atom stereocenters. The maximum absolute atomic E-state index is 12.4. The number of ether oxygens (including phenoxy) is 1. The monoisotopic (exact) mass is 505 g/mol. The molecular weight excluding hydrogens is 486 g/mol. The number of carbonyl (C=O) groups excluding carboxylic acids is 1. The molecule has 3 heterocycles. The van der Waals surface area contributed by atoms with Gasteiger partial charge in [-0.1, -0.05) is 47.4 Å². The fraction of sp³-hybridized carbons (Fsp3) is 0.125. The summed E-state index contributed by atoms with van der Waals surface area (Å²) >= 11 is 4.34. The van der Waals surface area contributed by atoms with Gasteiger partial charge in [0.2, 0.25) is 5.91 Å². The van der Waals surface area contributed by atoms with Gasteiger partial charge in [-0.2, -0.15) is 0 Å². The molecule has 0 saturated carbocycles. The van der Waals surface area contributed by atoms with Crippen molar-refractivity contribution in [2.24, 2.45) is 0 Å². The number of anilines is 1. The molecule has 0 aliphatic carbocycles. The van der Waals surface area contributed by atoms with Crippen LogP contribution in [0.2, 0.25) is 0 Å².